The van der Waals surface area contributed by atoms with Crippen LogP contribution in [0.15, 0.2) is 48.5 Å². The topological polar surface area (TPSA) is 108 Å². The summed E-state index contributed by atoms with van der Waals surface area (Å²) in [6, 6.07) is 11.3. The molecule has 0 saturated carbocycles. The fraction of sp³-hybridized carbons (Fsp3) is 0.485. The van der Waals surface area contributed by atoms with E-state index in [1.54, 1.807) is 57.2 Å². The molecule has 2 atom stereocenters. The predicted octanol–water partition coefficient (Wildman–Crippen LogP) is 5.48. The van der Waals surface area contributed by atoms with Gasteiger partial charge in [-0.1, -0.05) is 62.4 Å². The molecule has 0 aliphatic rings. The van der Waals surface area contributed by atoms with E-state index in [1.165, 1.54) is 17.0 Å². The van der Waals surface area contributed by atoms with Crippen LogP contribution in [0.2, 0.25) is 0 Å². The Balaban J connectivity index is 2.61. The maximum atomic E-state index is 14.5. The molecule has 0 aliphatic carbocycles. The number of carbonyl (C=O) groups is 3. The summed E-state index contributed by atoms with van der Waals surface area (Å²) in [7, 11) is 0. The van der Waals surface area contributed by atoms with Crippen molar-refractivity contribution in [2.24, 2.45) is 0 Å². The van der Waals surface area contributed by atoms with Crippen LogP contribution in [0.5, 0.6) is 5.75 Å². The van der Waals surface area contributed by atoms with Crippen molar-refractivity contribution < 1.29 is 24.2 Å². The van der Waals surface area contributed by atoms with Gasteiger partial charge in [0.25, 0.3) is 0 Å². The summed E-state index contributed by atoms with van der Waals surface area (Å²) in [5.74, 6) is 1.96. The number of alkyl carbamates (subject to hydrolysis) is 1. The van der Waals surface area contributed by atoms with Crippen molar-refractivity contribution >= 4 is 17.9 Å². The number of aromatic hydroxyl groups is 1. The molecule has 0 aliphatic heterocycles. The molecule has 3 N–H and O–H groups in total. The fourth-order valence-corrected chi connectivity index (χ4v) is 4.47. The highest BCUT2D eigenvalue weighted by molar-refractivity contribution is 5.92. The van der Waals surface area contributed by atoms with Gasteiger partial charge in [0, 0.05) is 24.6 Å². The van der Waals surface area contributed by atoms with Gasteiger partial charge in [0.15, 0.2) is 0 Å². The Morgan fingerprint density at radius 1 is 1.00 bits per heavy atom. The number of nitrogens with zero attached hydrogens (tertiary/aromatic N) is 1. The van der Waals surface area contributed by atoms with Crippen LogP contribution in [0.3, 0.4) is 0 Å². The molecule has 2 rings (SSSR count). The van der Waals surface area contributed by atoms with Crippen LogP contribution in [-0.4, -0.2) is 52.1 Å². The van der Waals surface area contributed by atoms with E-state index in [0.29, 0.717) is 17.5 Å². The summed E-state index contributed by atoms with van der Waals surface area (Å²) < 4.78 is 5.48. The SMILES string of the molecule is C#Cc1ccccc1C(C(=O)NC(C)C)N(CCCCCC)C(=O)C(Cc1ccc(O)cc1)NC(=O)OC(C)(C)C. The van der Waals surface area contributed by atoms with E-state index >= 15 is 0 Å². The fourth-order valence-electron chi connectivity index (χ4n) is 4.47. The van der Waals surface area contributed by atoms with Crippen molar-refractivity contribution in [3.8, 4) is 18.1 Å². The molecule has 2 aromatic carbocycles. The number of terminal acetylenes is 1. The number of carbonyl (C=O) groups excluding carboxylic acids is 3. The summed E-state index contributed by atoms with van der Waals surface area (Å²) in [6.45, 7) is 11.3. The summed E-state index contributed by atoms with van der Waals surface area (Å²) in [5.41, 5.74) is 0.993. The van der Waals surface area contributed by atoms with Crippen LogP contribution >= 0.6 is 0 Å². The molecular formula is C33H45N3O5. The first-order valence-corrected chi connectivity index (χ1v) is 14.3. The van der Waals surface area contributed by atoms with Gasteiger partial charge in [0.1, 0.15) is 23.4 Å². The van der Waals surface area contributed by atoms with Crippen LogP contribution in [0.4, 0.5) is 4.79 Å². The highest BCUT2D eigenvalue weighted by Crippen LogP contribution is 2.27. The number of hydrogen-bond acceptors (Lipinski definition) is 5. The van der Waals surface area contributed by atoms with Gasteiger partial charge >= 0.3 is 6.09 Å². The van der Waals surface area contributed by atoms with Crippen molar-refractivity contribution in [3.05, 3.63) is 65.2 Å². The first-order chi connectivity index (χ1) is 19.4. The lowest BCUT2D eigenvalue weighted by molar-refractivity contribution is -0.142. The zero-order chi connectivity index (χ0) is 30.6. The van der Waals surface area contributed by atoms with Crippen LogP contribution in [0.25, 0.3) is 0 Å². The minimum atomic E-state index is -1.05. The molecule has 41 heavy (non-hydrogen) atoms. The molecule has 0 heterocycles. The van der Waals surface area contributed by atoms with Crippen LogP contribution < -0.4 is 10.6 Å². The predicted molar refractivity (Wildman–Crippen MR) is 161 cm³/mol. The van der Waals surface area contributed by atoms with Crippen LogP contribution in [0, 0.1) is 12.3 Å². The van der Waals surface area contributed by atoms with E-state index in [2.05, 4.69) is 23.5 Å². The van der Waals surface area contributed by atoms with Gasteiger partial charge in [0.05, 0.1) is 0 Å². The van der Waals surface area contributed by atoms with Gasteiger partial charge in [-0.3, -0.25) is 9.59 Å². The summed E-state index contributed by atoms with van der Waals surface area (Å²) in [6.07, 6.45) is 8.74. The minimum Gasteiger partial charge on any atom is -0.508 e. The lowest BCUT2D eigenvalue weighted by atomic mass is 9.96. The second-order valence-electron chi connectivity index (χ2n) is 11.5. The number of amides is 3. The number of phenolic OH excluding ortho intramolecular Hbond substituents is 1. The first-order valence-electron chi connectivity index (χ1n) is 14.3. The van der Waals surface area contributed by atoms with E-state index < -0.39 is 29.7 Å². The normalized spacial score (nSPS) is 12.6. The van der Waals surface area contributed by atoms with Crippen molar-refractivity contribution in [3.63, 3.8) is 0 Å². The third-order valence-corrected chi connectivity index (χ3v) is 6.30. The Morgan fingerprint density at radius 2 is 1.66 bits per heavy atom. The second-order valence-corrected chi connectivity index (χ2v) is 11.5. The third kappa shape index (κ3) is 10.8. The van der Waals surface area contributed by atoms with Crippen molar-refractivity contribution in [2.45, 2.75) is 97.4 Å². The monoisotopic (exact) mass is 563 g/mol. The van der Waals surface area contributed by atoms with Crippen molar-refractivity contribution in [1.29, 1.82) is 0 Å². The summed E-state index contributed by atoms with van der Waals surface area (Å²) >= 11 is 0. The molecule has 0 bridgehead atoms. The van der Waals surface area contributed by atoms with E-state index in [9.17, 15) is 19.5 Å². The molecule has 222 valence electrons. The average Bonchev–Trinajstić information content (AvgIpc) is 2.89. The number of hydrogen-bond donors (Lipinski definition) is 3. The Hall–Kier alpha value is -3.99. The number of nitrogens with one attached hydrogen (secondary N) is 2. The maximum absolute atomic E-state index is 14.5. The minimum absolute atomic E-state index is 0.0885. The zero-order valence-electron chi connectivity index (χ0n) is 25.2. The number of ether oxygens (including phenoxy) is 1. The largest absolute Gasteiger partial charge is 0.508 e. The molecule has 0 saturated heterocycles. The molecule has 0 radical (unpaired) electrons. The van der Waals surface area contributed by atoms with Gasteiger partial charge in [-0.15, -0.1) is 6.42 Å². The van der Waals surface area contributed by atoms with Crippen molar-refractivity contribution in [1.82, 2.24) is 15.5 Å². The smallest absolute Gasteiger partial charge is 0.408 e. The molecule has 0 fully saturated rings. The van der Waals surface area contributed by atoms with Gasteiger partial charge in [0.2, 0.25) is 11.8 Å². The van der Waals surface area contributed by atoms with E-state index in [0.717, 1.165) is 24.8 Å². The summed E-state index contributed by atoms with van der Waals surface area (Å²) in [5, 5.41) is 15.5. The first kappa shape index (κ1) is 33.2. The number of phenols is 1. The highest BCUT2D eigenvalue weighted by atomic mass is 16.6. The Labute approximate surface area is 244 Å². The maximum Gasteiger partial charge on any atom is 0.408 e. The van der Waals surface area contributed by atoms with Crippen LogP contribution in [-0.2, 0) is 20.7 Å². The standard InChI is InChI=1S/C33H45N3O5/c1-8-10-11-14-21-36(29(30(38)34-23(3)4)27-16-13-12-15-25(27)9-2)31(39)28(35-32(40)41-33(5,6)7)22-24-17-19-26(37)20-18-24/h2,12-13,15-20,23,28-29,37H,8,10-11,14,21-22H2,1,3-7H3,(H,34,38)(H,35,40). The molecule has 0 spiro atoms. The molecule has 3 amide bonds. The lowest BCUT2D eigenvalue weighted by Crippen LogP contribution is -2.54. The molecule has 0 aromatic heterocycles. The average molecular weight is 564 g/mol. The second kappa shape index (κ2) is 15.7. The van der Waals surface area contributed by atoms with Crippen LogP contribution in [0.1, 0.15) is 90.0 Å². The van der Waals surface area contributed by atoms with Gasteiger partial charge in [-0.25, -0.2) is 4.79 Å². The molecule has 2 unspecified atom stereocenters. The van der Waals surface area contributed by atoms with E-state index in [4.69, 9.17) is 11.2 Å². The van der Waals surface area contributed by atoms with Gasteiger partial charge < -0.3 is 25.4 Å². The summed E-state index contributed by atoms with van der Waals surface area (Å²) in [4.78, 5) is 42.7. The number of benzene rings is 2. The third-order valence-electron chi connectivity index (χ3n) is 6.30. The number of rotatable bonds is 13. The zero-order valence-corrected chi connectivity index (χ0v) is 25.2. The van der Waals surface area contributed by atoms with Gasteiger partial charge in [-0.05, 0) is 70.4 Å². The molecule has 2 aromatic rings. The highest BCUT2D eigenvalue weighted by Gasteiger charge is 2.37. The Kier molecular flexibility index (Phi) is 12.7. The lowest BCUT2D eigenvalue weighted by Gasteiger charge is -2.35. The molecule has 8 nitrogen and oxygen atoms in total. The van der Waals surface area contributed by atoms with E-state index in [-0.39, 0.29) is 30.7 Å². The molecular weight excluding hydrogens is 518 g/mol. The number of unbranched alkanes of at least 4 members (excludes halogenated alkanes) is 3. The van der Waals surface area contributed by atoms with Gasteiger partial charge in [-0.2, -0.15) is 0 Å². The quantitative estimate of drug-likeness (QED) is 0.221. The Bertz CT molecular complexity index is 1190. The van der Waals surface area contributed by atoms with E-state index in [1.807, 2.05) is 13.8 Å². The van der Waals surface area contributed by atoms with Crippen molar-refractivity contribution in [2.75, 3.05) is 6.54 Å². The Morgan fingerprint density at radius 3 is 2.24 bits per heavy atom. The molecule has 8 heteroatoms.